The van der Waals surface area contributed by atoms with Gasteiger partial charge in [-0.25, -0.2) is 21.6 Å². The number of rotatable bonds is 10. The fourth-order valence-corrected chi connectivity index (χ4v) is 5.59. The highest BCUT2D eigenvalue weighted by Crippen LogP contribution is 2.22. The van der Waals surface area contributed by atoms with E-state index in [-0.39, 0.29) is 22.0 Å². The first kappa shape index (κ1) is 26.8. The minimum atomic E-state index is -4.01. The Bertz CT molecular complexity index is 1390. The number of nitrogens with zero attached hydrogens (tertiary/aromatic N) is 1. The first-order valence-electron chi connectivity index (χ1n) is 10.7. The Labute approximate surface area is 211 Å². The molecule has 8 nitrogen and oxygen atoms in total. The maximum atomic E-state index is 13.4. The van der Waals surface area contributed by atoms with Crippen LogP contribution in [-0.4, -0.2) is 47.2 Å². The minimum Gasteiger partial charge on any atom is -0.325 e. The quantitative estimate of drug-likeness (QED) is 0.413. The molecule has 0 aromatic heterocycles. The number of benzene rings is 3. The lowest BCUT2D eigenvalue weighted by atomic mass is 10.1. The van der Waals surface area contributed by atoms with Crippen LogP contribution >= 0.6 is 11.6 Å². The first-order valence-corrected chi connectivity index (χ1v) is 14.0. The van der Waals surface area contributed by atoms with Crippen molar-refractivity contribution in [1.82, 2.24) is 9.03 Å². The van der Waals surface area contributed by atoms with Gasteiger partial charge < -0.3 is 5.32 Å². The zero-order chi connectivity index (χ0) is 25.6. The molecule has 0 radical (unpaired) electrons. The smallest absolute Gasteiger partial charge is 0.243 e. The Morgan fingerprint density at radius 2 is 1.54 bits per heavy atom. The summed E-state index contributed by atoms with van der Waals surface area (Å²) in [5.74, 6) is -0.599. The van der Waals surface area contributed by atoms with Crippen LogP contribution in [0.3, 0.4) is 0 Å². The van der Waals surface area contributed by atoms with Gasteiger partial charge in [-0.1, -0.05) is 48.0 Å². The molecule has 0 saturated carbocycles. The molecule has 0 aliphatic heterocycles. The van der Waals surface area contributed by atoms with Crippen molar-refractivity contribution in [1.29, 1.82) is 0 Å². The first-order chi connectivity index (χ1) is 16.5. The van der Waals surface area contributed by atoms with E-state index in [1.165, 1.54) is 43.4 Å². The molecule has 0 unspecified atom stereocenters. The summed E-state index contributed by atoms with van der Waals surface area (Å²) in [6.07, 6.45) is 0.399. The molecule has 0 bridgehead atoms. The van der Waals surface area contributed by atoms with Crippen LogP contribution in [0.1, 0.15) is 11.1 Å². The van der Waals surface area contributed by atoms with Crippen LogP contribution in [0.5, 0.6) is 0 Å². The topological polar surface area (TPSA) is 113 Å². The molecule has 0 aliphatic carbocycles. The summed E-state index contributed by atoms with van der Waals surface area (Å²) in [6, 6.07) is 19.4. The van der Waals surface area contributed by atoms with Crippen molar-refractivity contribution in [3.63, 3.8) is 0 Å². The van der Waals surface area contributed by atoms with Gasteiger partial charge in [-0.05, 0) is 67.9 Å². The molecule has 186 valence electrons. The summed E-state index contributed by atoms with van der Waals surface area (Å²) in [6.45, 7) is 1.32. The number of nitrogens with one attached hydrogen (secondary N) is 2. The zero-order valence-corrected chi connectivity index (χ0v) is 21.6. The Morgan fingerprint density at radius 1 is 0.914 bits per heavy atom. The van der Waals surface area contributed by atoms with Crippen LogP contribution in [-0.2, 0) is 31.3 Å². The predicted octanol–water partition coefficient (Wildman–Crippen LogP) is 3.43. The summed E-state index contributed by atoms with van der Waals surface area (Å²) < 4.78 is 54.3. The molecule has 0 fully saturated rings. The maximum absolute atomic E-state index is 13.4. The number of carbonyl (C=O) groups excluding carboxylic acids is 1. The molecular formula is C24H26ClN3O5S2. The normalized spacial score (nSPS) is 12.0. The van der Waals surface area contributed by atoms with Crippen LogP contribution in [0.4, 0.5) is 5.69 Å². The van der Waals surface area contributed by atoms with Gasteiger partial charge in [0.2, 0.25) is 26.0 Å². The number of amides is 1. The molecule has 0 saturated heterocycles. The molecule has 1 amide bonds. The largest absolute Gasteiger partial charge is 0.325 e. The molecule has 35 heavy (non-hydrogen) atoms. The molecule has 2 N–H and O–H groups in total. The zero-order valence-electron chi connectivity index (χ0n) is 19.2. The lowest BCUT2D eigenvalue weighted by Gasteiger charge is -2.22. The fraction of sp³-hybridized carbons (Fsp3) is 0.208. The van der Waals surface area contributed by atoms with Crippen LogP contribution in [0.15, 0.2) is 82.6 Å². The van der Waals surface area contributed by atoms with E-state index in [9.17, 15) is 21.6 Å². The van der Waals surface area contributed by atoms with Gasteiger partial charge in [-0.3, -0.25) is 4.79 Å². The van der Waals surface area contributed by atoms with E-state index in [0.717, 1.165) is 9.87 Å². The summed E-state index contributed by atoms with van der Waals surface area (Å²) in [4.78, 5) is 12.9. The molecule has 11 heteroatoms. The number of halogens is 1. The van der Waals surface area contributed by atoms with Gasteiger partial charge in [0.15, 0.2) is 0 Å². The second kappa shape index (κ2) is 11.3. The summed E-state index contributed by atoms with van der Waals surface area (Å²) in [7, 11) is -6.44. The van der Waals surface area contributed by atoms with Crippen molar-refractivity contribution in [2.24, 2.45) is 0 Å². The van der Waals surface area contributed by atoms with Crippen LogP contribution in [0.25, 0.3) is 0 Å². The minimum absolute atomic E-state index is 0.0149. The van der Waals surface area contributed by atoms with Gasteiger partial charge >= 0.3 is 0 Å². The van der Waals surface area contributed by atoms with Gasteiger partial charge in [-0.2, -0.15) is 4.31 Å². The van der Waals surface area contributed by atoms with Crippen molar-refractivity contribution in [3.8, 4) is 0 Å². The number of hydrogen-bond acceptors (Lipinski definition) is 5. The van der Waals surface area contributed by atoms with E-state index < -0.39 is 32.5 Å². The second-order valence-corrected chi connectivity index (χ2v) is 12.0. The summed E-state index contributed by atoms with van der Waals surface area (Å²) in [5, 5.41) is 3.04. The highest BCUT2D eigenvalue weighted by Gasteiger charge is 2.27. The molecule has 0 aliphatic rings. The van der Waals surface area contributed by atoms with E-state index in [4.69, 9.17) is 11.6 Å². The van der Waals surface area contributed by atoms with E-state index in [1.807, 2.05) is 30.3 Å². The number of carbonyl (C=O) groups is 1. The third kappa shape index (κ3) is 6.89. The van der Waals surface area contributed by atoms with Crippen molar-refractivity contribution in [3.05, 3.63) is 88.9 Å². The lowest BCUT2D eigenvalue weighted by molar-refractivity contribution is -0.116. The third-order valence-corrected chi connectivity index (χ3v) is 8.85. The van der Waals surface area contributed by atoms with Gasteiger partial charge in [-0.15, -0.1) is 0 Å². The molecule has 3 aromatic rings. The van der Waals surface area contributed by atoms with E-state index >= 15 is 0 Å². The SMILES string of the molecule is CNS(=O)(=O)c1ccc(C)c(NC(=O)CN(CCc2ccccc2)S(=O)(=O)c2ccc(Cl)cc2)c1. The highest BCUT2D eigenvalue weighted by atomic mass is 35.5. The average Bonchev–Trinajstić information content (AvgIpc) is 2.83. The number of aryl methyl sites for hydroxylation is 1. The van der Waals surface area contributed by atoms with Crippen molar-refractivity contribution < 1.29 is 21.6 Å². The Morgan fingerprint density at radius 3 is 2.17 bits per heavy atom. The van der Waals surface area contributed by atoms with Crippen molar-refractivity contribution in [2.75, 3.05) is 25.5 Å². The maximum Gasteiger partial charge on any atom is 0.243 e. The van der Waals surface area contributed by atoms with E-state index in [1.54, 1.807) is 13.0 Å². The van der Waals surface area contributed by atoms with E-state index in [2.05, 4.69) is 10.0 Å². The molecule has 0 atom stereocenters. The van der Waals surface area contributed by atoms with Crippen LogP contribution in [0, 0.1) is 6.92 Å². The van der Waals surface area contributed by atoms with Gasteiger partial charge in [0.25, 0.3) is 0 Å². The molecule has 0 heterocycles. The summed E-state index contributed by atoms with van der Waals surface area (Å²) in [5.41, 5.74) is 1.83. The van der Waals surface area contributed by atoms with Gasteiger partial charge in [0.1, 0.15) is 0 Å². The van der Waals surface area contributed by atoms with Gasteiger partial charge in [0, 0.05) is 17.3 Å². The van der Waals surface area contributed by atoms with Gasteiger partial charge in [0.05, 0.1) is 16.3 Å². The van der Waals surface area contributed by atoms with Crippen LogP contribution in [0.2, 0.25) is 5.02 Å². The highest BCUT2D eigenvalue weighted by molar-refractivity contribution is 7.89. The van der Waals surface area contributed by atoms with Crippen LogP contribution < -0.4 is 10.0 Å². The predicted molar refractivity (Wildman–Crippen MR) is 136 cm³/mol. The second-order valence-electron chi connectivity index (χ2n) is 7.76. The lowest BCUT2D eigenvalue weighted by Crippen LogP contribution is -2.39. The average molecular weight is 536 g/mol. The fourth-order valence-electron chi connectivity index (χ4n) is 3.31. The number of sulfonamides is 2. The van der Waals surface area contributed by atoms with Crippen molar-refractivity contribution >= 4 is 43.2 Å². The Balaban J connectivity index is 1.86. The molecule has 0 spiro atoms. The third-order valence-electron chi connectivity index (χ3n) is 5.33. The molecular weight excluding hydrogens is 510 g/mol. The summed E-state index contributed by atoms with van der Waals surface area (Å²) >= 11 is 5.91. The monoisotopic (exact) mass is 535 g/mol. The Hall–Kier alpha value is -2.76. The number of anilines is 1. The standard InChI is InChI=1S/C24H26ClN3O5S2/c1-18-8-11-22(34(30,31)26-2)16-23(18)27-24(29)17-28(15-14-19-6-4-3-5-7-19)35(32,33)21-12-9-20(25)10-13-21/h3-13,16,26H,14-15,17H2,1-2H3,(H,27,29). The molecule has 3 aromatic carbocycles. The molecule has 3 rings (SSSR count). The van der Waals surface area contributed by atoms with E-state index in [0.29, 0.717) is 17.0 Å². The van der Waals surface area contributed by atoms with Crippen molar-refractivity contribution in [2.45, 2.75) is 23.1 Å². The Kier molecular flexibility index (Phi) is 8.68. The number of hydrogen-bond donors (Lipinski definition) is 2.